The summed E-state index contributed by atoms with van der Waals surface area (Å²) < 4.78 is 2.03. The Kier molecular flexibility index (Phi) is 2.62. The summed E-state index contributed by atoms with van der Waals surface area (Å²) in [4.78, 5) is 14.6. The number of aryl methyl sites for hydroxylation is 1. The van der Waals surface area contributed by atoms with Crippen molar-refractivity contribution in [1.29, 1.82) is 0 Å². The van der Waals surface area contributed by atoms with Gasteiger partial charge < -0.3 is 9.47 Å². The molecular formula is C15H18N2O. The maximum absolute atomic E-state index is 12.6. The lowest BCUT2D eigenvalue weighted by Gasteiger charge is -2.20. The molecule has 0 bridgehead atoms. The second-order valence-electron chi connectivity index (χ2n) is 5.16. The van der Waals surface area contributed by atoms with Gasteiger partial charge in [0, 0.05) is 36.7 Å². The average Bonchev–Trinajstić information content (AvgIpc) is 2.94. The minimum absolute atomic E-state index is 0.178. The highest BCUT2D eigenvalue weighted by Crippen LogP contribution is 2.25. The van der Waals surface area contributed by atoms with Crippen LogP contribution < -0.4 is 0 Å². The van der Waals surface area contributed by atoms with Crippen molar-refractivity contribution in [3.63, 3.8) is 0 Å². The molecule has 0 saturated carbocycles. The molecule has 3 heteroatoms. The number of rotatable bonds is 1. The van der Waals surface area contributed by atoms with Gasteiger partial charge in [-0.25, -0.2) is 0 Å². The normalized spacial score (nSPS) is 19.7. The Morgan fingerprint density at radius 2 is 2.11 bits per heavy atom. The SMILES string of the molecule is C[C@H]1CCCN1C(=O)c1cn(C)c2ccccc12. The van der Waals surface area contributed by atoms with Crippen LogP contribution in [-0.2, 0) is 7.05 Å². The van der Waals surface area contributed by atoms with Gasteiger partial charge >= 0.3 is 0 Å². The smallest absolute Gasteiger partial charge is 0.256 e. The second kappa shape index (κ2) is 4.16. The van der Waals surface area contributed by atoms with Crippen molar-refractivity contribution < 1.29 is 4.79 Å². The summed E-state index contributed by atoms with van der Waals surface area (Å²) >= 11 is 0. The largest absolute Gasteiger partial charge is 0.350 e. The van der Waals surface area contributed by atoms with E-state index < -0.39 is 0 Å². The third-order valence-electron chi connectivity index (χ3n) is 3.94. The topological polar surface area (TPSA) is 25.2 Å². The van der Waals surface area contributed by atoms with E-state index in [-0.39, 0.29) is 5.91 Å². The molecule has 18 heavy (non-hydrogen) atoms. The van der Waals surface area contributed by atoms with E-state index in [1.165, 1.54) is 0 Å². The van der Waals surface area contributed by atoms with E-state index in [1.54, 1.807) is 0 Å². The van der Waals surface area contributed by atoms with Gasteiger partial charge in [0.15, 0.2) is 0 Å². The molecule has 0 spiro atoms. The predicted molar refractivity (Wildman–Crippen MR) is 72.7 cm³/mol. The summed E-state index contributed by atoms with van der Waals surface area (Å²) in [6, 6.07) is 8.46. The number of para-hydroxylation sites is 1. The minimum atomic E-state index is 0.178. The summed E-state index contributed by atoms with van der Waals surface area (Å²) in [5.74, 6) is 0.178. The summed E-state index contributed by atoms with van der Waals surface area (Å²) in [6.45, 7) is 3.03. The van der Waals surface area contributed by atoms with Gasteiger partial charge in [-0.05, 0) is 25.8 Å². The molecule has 1 aliphatic rings. The monoisotopic (exact) mass is 242 g/mol. The lowest BCUT2D eigenvalue weighted by Crippen LogP contribution is -2.33. The standard InChI is InChI=1S/C15H18N2O/c1-11-6-5-9-17(11)15(18)13-10-16(2)14-8-4-3-7-12(13)14/h3-4,7-8,10-11H,5-6,9H2,1-2H3/t11-/m0/s1. The molecule has 1 aliphatic heterocycles. The molecule has 0 radical (unpaired) electrons. The van der Waals surface area contributed by atoms with Crippen LogP contribution in [0.3, 0.4) is 0 Å². The molecule has 0 unspecified atom stereocenters. The van der Waals surface area contributed by atoms with Crippen LogP contribution in [0, 0.1) is 0 Å². The number of nitrogens with zero attached hydrogens (tertiary/aromatic N) is 2. The number of hydrogen-bond donors (Lipinski definition) is 0. The Labute approximate surface area is 107 Å². The quantitative estimate of drug-likeness (QED) is 0.755. The van der Waals surface area contributed by atoms with Crippen molar-refractivity contribution in [2.75, 3.05) is 6.54 Å². The molecular weight excluding hydrogens is 224 g/mol. The number of carbonyl (C=O) groups is 1. The Morgan fingerprint density at radius 1 is 1.33 bits per heavy atom. The van der Waals surface area contributed by atoms with Crippen molar-refractivity contribution >= 4 is 16.8 Å². The van der Waals surface area contributed by atoms with Crippen LogP contribution in [-0.4, -0.2) is 28.0 Å². The molecule has 1 aromatic carbocycles. The van der Waals surface area contributed by atoms with Crippen LogP contribution in [0.4, 0.5) is 0 Å². The molecule has 1 amide bonds. The number of benzene rings is 1. The molecule has 1 atom stereocenters. The first-order valence-corrected chi connectivity index (χ1v) is 6.53. The first kappa shape index (κ1) is 11.3. The molecule has 1 fully saturated rings. The number of fused-ring (bicyclic) bond motifs is 1. The average molecular weight is 242 g/mol. The van der Waals surface area contributed by atoms with Crippen molar-refractivity contribution in [3.8, 4) is 0 Å². The van der Waals surface area contributed by atoms with Crippen LogP contribution in [0.1, 0.15) is 30.1 Å². The third-order valence-corrected chi connectivity index (χ3v) is 3.94. The van der Waals surface area contributed by atoms with Crippen molar-refractivity contribution in [2.45, 2.75) is 25.8 Å². The van der Waals surface area contributed by atoms with Crippen molar-refractivity contribution in [1.82, 2.24) is 9.47 Å². The Bertz CT molecular complexity index is 600. The number of aromatic nitrogens is 1. The van der Waals surface area contributed by atoms with Crippen molar-refractivity contribution in [2.24, 2.45) is 7.05 Å². The van der Waals surface area contributed by atoms with Gasteiger partial charge in [-0.15, -0.1) is 0 Å². The molecule has 1 aromatic heterocycles. The zero-order valence-electron chi connectivity index (χ0n) is 10.9. The van der Waals surface area contributed by atoms with Gasteiger partial charge in [-0.1, -0.05) is 18.2 Å². The Balaban J connectivity index is 2.06. The number of hydrogen-bond acceptors (Lipinski definition) is 1. The van der Waals surface area contributed by atoms with Crippen LogP contribution in [0.15, 0.2) is 30.5 Å². The van der Waals surface area contributed by atoms with E-state index in [1.807, 2.05) is 40.9 Å². The van der Waals surface area contributed by atoms with E-state index in [2.05, 4.69) is 13.0 Å². The molecule has 1 saturated heterocycles. The van der Waals surface area contributed by atoms with Crippen molar-refractivity contribution in [3.05, 3.63) is 36.0 Å². The molecule has 2 heterocycles. The zero-order chi connectivity index (χ0) is 12.7. The van der Waals surface area contributed by atoms with Gasteiger partial charge in [-0.2, -0.15) is 0 Å². The summed E-state index contributed by atoms with van der Waals surface area (Å²) in [6.07, 6.45) is 4.20. The lowest BCUT2D eigenvalue weighted by atomic mass is 10.1. The van der Waals surface area contributed by atoms with E-state index in [0.717, 1.165) is 35.9 Å². The number of carbonyl (C=O) groups excluding carboxylic acids is 1. The molecule has 94 valence electrons. The van der Waals surface area contributed by atoms with Crippen LogP contribution in [0.2, 0.25) is 0 Å². The van der Waals surface area contributed by atoms with Gasteiger partial charge in [-0.3, -0.25) is 4.79 Å². The minimum Gasteiger partial charge on any atom is -0.350 e. The Hall–Kier alpha value is -1.77. The molecule has 0 aliphatic carbocycles. The number of likely N-dealkylation sites (tertiary alicyclic amines) is 1. The maximum atomic E-state index is 12.6. The fraction of sp³-hybridized carbons (Fsp3) is 0.400. The fourth-order valence-electron chi connectivity index (χ4n) is 2.90. The molecule has 3 rings (SSSR count). The van der Waals surface area contributed by atoms with Crippen LogP contribution >= 0.6 is 0 Å². The second-order valence-corrected chi connectivity index (χ2v) is 5.16. The first-order chi connectivity index (χ1) is 8.68. The molecule has 2 aromatic rings. The summed E-state index contributed by atoms with van der Waals surface area (Å²) in [7, 11) is 1.99. The molecule has 3 nitrogen and oxygen atoms in total. The maximum Gasteiger partial charge on any atom is 0.256 e. The van der Waals surface area contributed by atoms with E-state index >= 15 is 0 Å². The fourth-order valence-corrected chi connectivity index (χ4v) is 2.90. The van der Waals surface area contributed by atoms with E-state index in [4.69, 9.17) is 0 Å². The van der Waals surface area contributed by atoms with Gasteiger partial charge in [0.25, 0.3) is 5.91 Å². The van der Waals surface area contributed by atoms with Crippen LogP contribution in [0.5, 0.6) is 0 Å². The van der Waals surface area contributed by atoms with Gasteiger partial charge in [0.05, 0.1) is 5.56 Å². The van der Waals surface area contributed by atoms with Crippen LogP contribution in [0.25, 0.3) is 10.9 Å². The third kappa shape index (κ3) is 1.62. The van der Waals surface area contributed by atoms with E-state index in [9.17, 15) is 4.79 Å². The van der Waals surface area contributed by atoms with E-state index in [0.29, 0.717) is 6.04 Å². The number of amides is 1. The highest BCUT2D eigenvalue weighted by Gasteiger charge is 2.27. The first-order valence-electron chi connectivity index (χ1n) is 6.53. The highest BCUT2D eigenvalue weighted by molar-refractivity contribution is 6.07. The lowest BCUT2D eigenvalue weighted by molar-refractivity contribution is 0.0749. The van der Waals surface area contributed by atoms with Gasteiger partial charge in [0.2, 0.25) is 0 Å². The highest BCUT2D eigenvalue weighted by atomic mass is 16.2. The zero-order valence-corrected chi connectivity index (χ0v) is 10.9. The molecule has 0 N–H and O–H groups in total. The van der Waals surface area contributed by atoms with Gasteiger partial charge in [0.1, 0.15) is 0 Å². The Morgan fingerprint density at radius 3 is 2.83 bits per heavy atom. The summed E-state index contributed by atoms with van der Waals surface area (Å²) in [5, 5.41) is 1.06. The summed E-state index contributed by atoms with van der Waals surface area (Å²) in [5.41, 5.74) is 1.95. The predicted octanol–water partition coefficient (Wildman–Crippen LogP) is 2.80.